The van der Waals surface area contributed by atoms with E-state index < -0.39 is 0 Å². The molecule has 1 aliphatic heterocycles. The Morgan fingerprint density at radius 2 is 2.25 bits per heavy atom. The highest BCUT2D eigenvalue weighted by molar-refractivity contribution is 7.99. The lowest BCUT2D eigenvalue weighted by Crippen LogP contribution is -2.13. The maximum atomic E-state index is 10.4. The van der Waals surface area contributed by atoms with E-state index in [0.29, 0.717) is 0 Å². The number of benzene rings is 1. The largest absolute Gasteiger partial charge is 0.291 e. The summed E-state index contributed by atoms with van der Waals surface area (Å²) in [6, 6.07) is 8.26. The van der Waals surface area contributed by atoms with Gasteiger partial charge in [0.2, 0.25) is 6.29 Å². The lowest BCUT2D eigenvalue weighted by atomic mass is 10.0. The molecule has 0 aliphatic carbocycles. The molecule has 0 N–H and O–H groups in total. The van der Waals surface area contributed by atoms with E-state index in [0.717, 1.165) is 12.2 Å². The predicted octanol–water partition coefficient (Wildman–Crippen LogP) is 2.06. The SMILES string of the molecule is O=[C]C1CSc2ccccc2C1. The van der Waals surface area contributed by atoms with Crippen LogP contribution in [0.2, 0.25) is 0 Å². The van der Waals surface area contributed by atoms with Crippen LogP contribution in [0.5, 0.6) is 0 Å². The van der Waals surface area contributed by atoms with E-state index in [9.17, 15) is 4.79 Å². The van der Waals surface area contributed by atoms with Crippen molar-refractivity contribution in [3.8, 4) is 0 Å². The molecular formula is C10H9OS. The van der Waals surface area contributed by atoms with Crippen LogP contribution in [-0.2, 0) is 11.2 Å². The van der Waals surface area contributed by atoms with Gasteiger partial charge < -0.3 is 0 Å². The number of rotatable bonds is 1. The van der Waals surface area contributed by atoms with Crippen LogP contribution in [0, 0.1) is 5.92 Å². The number of thioether (sulfide) groups is 1. The second-order valence-electron chi connectivity index (χ2n) is 2.94. The number of carbonyl (C=O) groups excluding carboxylic acids is 1. The van der Waals surface area contributed by atoms with Crippen molar-refractivity contribution in [3.63, 3.8) is 0 Å². The lowest BCUT2D eigenvalue weighted by Gasteiger charge is -2.18. The van der Waals surface area contributed by atoms with E-state index >= 15 is 0 Å². The Kier molecular flexibility index (Phi) is 2.17. The molecule has 0 amide bonds. The van der Waals surface area contributed by atoms with Crippen molar-refractivity contribution in [2.75, 3.05) is 5.75 Å². The quantitative estimate of drug-likeness (QED) is 0.653. The first kappa shape index (κ1) is 7.87. The van der Waals surface area contributed by atoms with E-state index in [1.807, 2.05) is 12.1 Å². The van der Waals surface area contributed by atoms with Crippen LogP contribution in [-0.4, -0.2) is 12.0 Å². The second-order valence-corrected chi connectivity index (χ2v) is 4.00. The van der Waals surface area contributed by atoms with Gasteiger partial charge in [-0.25, -0.2) is 0 Å². The van der Waals surface area contributed by atoms with Crippen molar-refractivity contribution < 1.29 is 4.79 Å². The Hall–Kier alpha value is -0.760. The topological polar surface area (TPSA) is 17.1 Å². The van der Waals surface area contributed by atoms with Crippen LogP contribution in [0.4, 0.5) is 0 Å². The van der Waals surface area contributed by atoms with E-state index in [-0.39, 0.29) is 5.92 Å². The number of hydrogen-bond donors (Lipinski definition) is 0. The van der Waals surface area contributed by atoms with Gasteiger partial charge in [-0.2, -0.15) is 0 Å². The van der Waals surface area contributed by atoms with E-state index in [2.05, 4.69) is 18.4 Å². The molecule has 0 spiro atoms. The van der Waals surface area contributed by atoms with Gasteiger partial charge in [0.05, 0.1) is 0 Å². The lowest BCUT2D eigenvalue weighted by molar-refractivity contribution is 0.528. The van der Waals surface area contributed by atoms with Crippen molar-refractivity contribution >= 4 is 18.0 Å². The molecule has 61 valence electrons. The molecule has 0 bridgehead atoms. The predicted molar refractivity (Wildman–Crippen MR) is 50.1 cm³/mol. The maximum absolute atomic E-state index is 10.4. The van der Waals surface area contributed by atoms with Crippen LogP contribution in [0.25, 0.3) is 0 Å². The zero-order chi connectivity index (χ0) is 8.39. The zero-order valence-electron chi connectivity index (χ0n) is 6.62. The minimum atomic E-state index is 0.102. The molecule has 12 heavy (non-hydrogen) atoms. The summed E-state index contributed by atoms with van der Waals surface area (Å²) >= 11 is 1.76. The minimum Gasteiger partial charge on any atom is -0.291 e. The molecule has 1 nitrogen and oxygen atoms in total. The highest BCUT2D eigenvalue weighted by atomic mass is 32.2. The van der Waals surface area contributed by atoms with Gasteiger partial charge in [0, 0.05) is 16.6 Å². The highest BCUT2D eigenvalue weighted by Gasteiger charge is 2.18. The molecule has 1 aromatic rings. The van der Waals surface area contributed by atoms with Gasteiger partial charge in [-0.05, 0) is 18.1 Å². The van der Waals surface area contributed by atoms with Crippen LogP contribution in [0.3, 0.4) is 0 Å². The van der Waals surface area contributed by atoms with Gasteiger partial charge in [-0.15, -0.1) is 11.8 Å². The Bertz CT molecular complexity index is 296. The molecule has 1 heterocycles. The summed E-state index contributed by atoms with van der Waals surface area (Å²) in [5, 5.41) is 0. The van der Waals surface area contributed by atoms with Gasteiger partial charge >= 0.3 is 0 Å². The standard InChI is InChI=1S/C10H9OS/c11-6-8-5-9-3-1-2-4-10(9)12-7-8/h1-4,8H,5,7H2. The average molecular weight is 177 g/mol. The normalized spacial score (nSPS) is 21.5. The van der Waals surface area contributed by atoms with E-state index in [1.165, 1.54) is 10.5 Å². The summed E-state index contributed by atoms with van der Waals surface area (Å²) in [7, 11) is 0. The Balaban J connectivity index is 2.28. The van der Waals surface area contributed by atoms with Crippen LogP contribution in [0.15, 0.2) is 29.2 Å². The third-order valence-corrected chi connectivity index (χ3v) is 3.32. The Morgan fingerprint density at radius 3 is 3.08 bits per heavy atom. The van der Waals surface area contributed by atoms with Crippen molar-refractivity contribution in [1.82, 2.24) is 0 Å². The van der Waals surface area contributed by atoms with Crippen molar-refractivity contribution in [1.29, 1.82) is 0 Å². The summed E-state index contributed by atoms with van der Waals surface area (Å²) in [5.74, 6) is 0.991. The Labute approximate surface area is 76.2 Å². The number of hydrogen-bond acceptors (Lipinski definition) is 2. The second kappa shape index (κ2) is 3.31. The molecular weight excluding hydrogens is 168 g/mol. The third-order valence-electron chi connectivity index (χ3n) is 2.05. The summed E-state index contributed by atoms with van der Waals surface area (Å²) in [6.45, 7) is 0. The number of fused-ring (bicyclic) bond motifs is 1. The van der Waals surface area contributed by atoms with Gasteiger partial charge in [0.25, 0.3) is 0 Å². The molecule has 1 atom stereocenters. The molecule has 0 saturated carbocycles. The van der Waals surface area contributed by atoms with Crippen LogP contribution >= 0.6 is 11.8 Å². The monoisotopic (exact) mass is 177 g/mol. The first-order chi connectivity index (χ1) is 5.90. The molecule has 0 saturated heterocycles. The highest BCUT2D eigenvalue weighted by Crippen LogP contribution is 2.31. The summed E-state index contributed by atoms with van der Waals surface area (Å²) in [5.41, 5.74) is 1.29. The van der Waals surface area contributed by atoms with Crippen molar-refractivity contribution in [2.45, 2.75) is 11.3 Å². The summed E-state index contributed by atoms with van der Waals surface area (Å²) < 4.78 is 0. The molecule has 1 unspecified atom stereocenters. The van der Waals surface area contributed by atoms with Crippen LogP contribution < -0.4 is 0 Å². The van der Waals surface area contributed by atoms with Gasteiger partial charge in [-0.3, -0.25) is 4.79 Å². The van der Waals surface area contributed by atoms with Gasteiger partial charge in [-0.1, -0.05) is 18.2 Å². The molecule has 0 fully saturated rings. The fourth-order valence-electron chi connectivity index (χ4n) is 1.40. The molecule has 1 aliphatic rings. The summed E-state index contributed by atoms with van der Waals surface area (Å²) in [4.78, 5) is 11.8. The fraction of sp³-hybridized carbons (Fsp3) is 0.300. The first-order valence-electron chi connectivity index (χ1n) is 3.98. The molecule has 1 aromatic carbocycles. The molecule has 1 radical (unpaired) electrons. The maximum Gasteiger partial charge on any atom is 0.202 e. The zero-order valence-corrected chi connectivity index (χ0v) is 7.43. The smallest absolute Gasteiger partial charge is 0.202 e. The van der Waals surface area contributed by atoms with E-state index in [4.69, 9.17) is 0 Å². The van der Waals surface area contributed by atoms with Crippen molar-refractivity contribution in [3.05, 3.63) is 29.8 Å². The van der Waals surface area contributed by atoms with Crippen LogP contribution in [0.1, 0.15) is 5.56 Å². The third kappa shape index (κ3) is 1.39. The summed E-state index contributed by atoms with van der Waals surface area (Å²) in [6.07, 6.45) is 2.94. The van der Waals surface area contributed by atoms with E-state index in [1.54, 1.807) is 11.8 Å². The molecule has 2 rings (SSSR count). The molecule has 0 aromatic heterocycles. The van der Waals surface area contributed by atoms with Gasteiger partial charge in [0.1, 0.15) is 0 Å². The van der Waals surface area contributed by atoms with Crippen molar-refractivity contribution in [2.24, 2.45) is 5.92 Å². The molecule has 2 heteroatoms. The fourth-order valence-corrected chi connectivity index (χ4v) is 2.48. The minimum absolute atomic E-state index is 0.102. The average Bonchev–Trinajstić information content (AvgIpc) is 2.17. The first-order valence-corrected chi connectivity index (χ1v) is 4.97. The van der Waals surface area contributed by atoms with Gasteiger partial charge in [0.15, 0.2) is 0 Å². The Morgan fingerprint density at radius 1 is 1.42 bits per heavy atom.